The molecule has 2 aromatic carbocycles. The highest BCUT2D eigenvalue weighted by atomic mass is 19.1. The Bertz CT molecular complexity index is 825. The maximum Gasteiger partial charge on any atom is 0.214 e. The molecule has 4 heteroatoms. The van der Waals surface area contributed by atoms with E-state index in [2.05, 4.69) is 41.1 Å². The van der Waals surface area contributed by atoms with Crippen molar-refractivity contribution in [3.63, 3.8) is 0 Å². The van der Waals surface area contributed by atoms with Crippen molar-refractivity contribution >= 4 is 5.69 Å². The van der Waals surface area contributed by atoms with Crippen LogP contribution < -0.4 is 4.90 Å². The number of hydrogen-bond acceptors (Lipinski definition) is 3. The molecule has 1 aliphatic rings. The van der Waals surface area contributed by atoms with Gasteiger partial charge in [0.15, 0.2) is 5.76 Å². The van der Waals surface area contributed by atoms with Crippen molar-refractivity contribution in [3.8, 4) is 11.3 Å². The molecule has 0 amide bonds. The minimum absolute atomic E-state index is 0.254. The first-order valence-corrected chi connectivity index (χ1v) is 7.76. The van der Waals surface area contributed by atoms with Crippen LogP contribution in [-0.4, -0.2) is 11.0 Å². The van der Waals surface area contributed by atoms with Gasteiger partial charge in [0.2, 0.25) is 5.89 Å². The predicted octanol–water partition coefficient (Wildman–Crippen LogP) is 4.43. The quantitative estimate of drug-likeness (QED) is 0.716. The van der Waals surface area contributed by atoms with Crippen molar-refractivity contribution in [3.05, 3.63) is 72.0 Å². The summed E-state index contributed by atoms with van der Waals surface area (Å²) < 4.78 is 18.9. The molecule has 1 aromatic heterocycles. The van der Waals surface area contributed by atoms with E-state index in [0.29, 0.717) is 24.2 Å². The van der Waals surface area contributed by atoms with Crippen LogP contribution in [0.15, 0.2) is 59.1 Å². The van der Waals surface area contributed by atoms with E-state index < -0.39 is 0 Å². The van der Waals surface area contributed by atoms with Gasteiger partial charge in [-0.25, -0.2) is 9.37 Å². The van der Waals surface area contributed by atoms with Crippen molar-refractivity contribution < 1.29 is 8.81 Å². The molecule has 0 spiro atoms. The van der Waals surface area contributed by atoms with Gasteiger partial charge in [-0.2, -0.15) is 0 Å². The fraction of sp³-hybridized carbons (Fsp3) is 0.211. The van der Waals surface area contributed by atoms with Gasteiger partial charge >= 0.3 is 0 Å². The molecule has 0 aliphatic carbocycles. The van der Waals surface area contributed by atoms with Crippen LogP contribution in [0.2, 0.25) is 0 Å². The maximum absolute atomic E-state index is 13.0. The van der Waals surface area contributed by atoms with E-state index in [9.17, 15) is 4.39 Å². The molecule has 3 nitrogen and oxygen atoms in total. The summed E-state index contributed by atoms with van der Waals surface area (Å²) in [6.07, 6.45) is 2.75. The highest BCUT2D eigenvalue weighted by Crippen LogP contribution is 2.33. The lowest BCUT2D eigenvalue weighted by Crippen LogP contribution is -2.28. The Balaban J connectivity index is 1.57. The number of hydrogen-bond donors (Lipinski definition) is 0. The molecule has 116 valence electrons. The Morgan fingerprint density at radius 3 is 2.78 bits per heavy atom. The summed E-state index contributed by atoms with van der Waals surface area (Å²) in [5.41, 5.74) is 3.45. The lowest BCUT2D eigenvalue weighted by Gasteiger charge is -2.23. The second-order valence-corrected chi connectivity index (χ2v) is 5.93. The minimum Gasteiger partial charge on any atom is -0.439 e. The summed E-state index contributed by atoms with van der Waals surface area (Å²) in [4.78, 5) is 6.70. The van der Waals surface area contributed by atoms with E-state index in [1.165, 1.54) is 23.4 Å². The molecule has 1 aliphatic heterocycles. The van der Waals surface area contributed by atoms with Gasteiger partial charge in [0.25, 0.3) is 0 Å². The molecule has 3 aromatic rings. The van der Waals surface area contributed by atoms with Crippen LogP contribution in [0, 0.1) is 5.82 Å². The van der Waals surface area contributed by atoms with Crippen molar-refractivity contribution in [2.45, 2.75) is 25.9 Å². The lowest BCUT2D eigenvalue weighted by atomic mass is 10.1. The van der Waals surface area contributed by atoms with Gasteiger partial charge in [0, 0.05) is 17.3 Å². The highest BCUT2D eigenvalue weighted by Gasteiger charge is 2.26. The smallest absolute Gasteiger partial charge is 0.214 e. The summed E-state index contributed by atoms with van der Waals surface area (Å²) >= 11 is 0. The van der Waals surface area contributed by atoms with E-state index in [-0.39, 0.29) is 5.82 Å². The molecule has 1 atom stereocenters. The van der Waals surface area contributed by atoms with Crippen LogP contribution in [0.3, 0.4) is 0 Å². The van der Waals surface area contributed by atoms with Gasteiger partial charge in [-0.3, -0.25) is 0 Å². The number of nitrogens with zero attached hydrogens (tertiary/aromatic N) is 2. The second kappa shape index (κ2) is 5.54. The summed E-state index contributed by atoms with van der Waals surface area (Å²) in [6.45, 7) is 2.85. The van der Waals surface area contributed by atoms with E-state index in [1.807, 2.05) is 0 Å². The third-order valence-electron chi connectivity index (χ3n) is 4.34. The predicted molar refractivity (Wildman–Crippen MR) is 87.7 cm³/mol. The number of benzene rings is 2. The first-order chi connectivity index (χ1) is 11.2. The Hall–Kier alpha value is -2.62. The van der Waals surface area contributed by atoms with Crippen molar-refractivity contribution in [1.29, 1.82) is 0 Å². The zero-order valence-corrected chi connectivity index (χ0v) is 12.9. The molecule has 0 radical (unpaired) electrons. The largest absolute Gasteiger partial charge is 0.439 e. The Morgan fingerprint density at radius 1 is 1.17 bits per heavy atom. The molecule has 0 saturated carbocycles. The van der Waals surface area contributed by atoms with Gasteiger partial charge in [-0.05, 0) is 49.2 Å². The van der Waals surface area contributed by atoms with Crippen LogP contribution in [-0.2, 0) is 13.0 Å². The normalized spacial score (nSPS) is 16.6. The van der Waals surface area contributed by atoms with Gasteiger partial charge in [-0.1, -0.05) is 18.2 Å². The van der Waals surface area contributed by atoms with Gasteiger partial charge in [0.1, 0.15) is 5.82 Å². The zero-order valence-electron chi connectivity index (χ0n) is 12.9. The zero-order chi connectivity index (χ0) is 15.8. The summed E-state index contributed by atoms with van der Waals surface area (Å²) in [7, 11) is 0. The van der Waals surface area contributed by atoms with Crippen LogP contribution in [0.4, 0.5) is 10.1 Å². The minimum atomic E-state index is -0.254. The number of rotatable bonds is 3. The van der Waals surface area contributed by atoms with Crippen LogP contribution in [0.5, 0.6) is 0 Å². The van der Waals surface area contributed by atoms with E-state index in [0.717, 1.165) is 12.0 Å². The number of aromatic nitrogens is 1. The Morgan fingerprint density at radius 2 is 1.96 bits per heavy atom. The molecule has 23 heavy (non-hydrogen) atoms. The maximum atomic E-state index is 13.0. The molecule has 2 heterocycles. The van der Waals surface area contributed by atoms with Crippen LogP contribution in [0.25, 0.3) is 11.3 Å². The Labute approximate surface area is 134 Å². The van der Waals surface area contributed by atoms with Crippen molar-refractivity contribution in [2.24, 2.45) is 0 Å². The topological polar surface area (TPSA) is 29.3 Å². The van der Waals surface area contributed by atoms with Gasteiger partial charge in [0.05, 0.1) is 12.7 Å². The average Bonchev–Trinajstić information content (AvgIpc) is 3.14. The highest BCUT2D eigenvalue weighted by molar-refractivity contribution is 5.59. The summed E-state index contributed by atoms with van der Waals surface area (Å²) in [6, 6.07) is 15.1. The standard InChI is InChI=1S/C19H17FN2O/c1-13-10-15-4-2-3-5-17(15)22(13)12-19-21-11-18(23-19)14-6-8-16(20)9-7-14/h2-9,11,13H,10,12H2,1H3/t13-/m1/s1. The summed E-state index contributed by atoms with van der Waals surface area (Å²) in [5, 5.41) is 0. The van der Waals surface area contributed by atoms with Crippen molar-refractivity contribution in [2.75, 3.05) is 4.90 Å². The second-order valence-electron chi connectivity index (χ2n) is 5.93. The van der Waals surface area contributed by atoms with Gasteiger partial charge < -0.3 is 9.32 Å². The third kappa shape index (κ3) is 2.61. The fourth-order valence-corrected chi connectivity index (χ4v) is 3.15. The Kier molecular flexibility index (Phi) is 3.37. The average molecular weight is 308 g/mol. The monoisotopic (exact) mass is 308 g/mol. The fourth-order valence-electron chi connectivity index (χ4n) is 3.15. The first-order valence-electron chi connectivity index (χ1n) is 7.76. The molecule has 0 unspecified atom stereocenters. The molecular formula is C19H17FN2O. The molecule has 4 rings (SSSR count). The lowest BCUT2D eigenvalue weighted by molar-refractivity contribution is 0.489. The molecule has 0 saturated heterocycles. The number of fused-ring (bicyclic) bond motifs is 1. The first kappa shape index (κ1) is 14.0. The number of oxazole rings is 1. The van der Waals surface area contributed by atoms with E-state index in [1.54, 1.807) is 18.3 Å². The van der Waals surface area contributed by atoms with Crippen LogP contribution in [0.1, 0.15) is 18.4 Å². The molecule has 0 bridgehead atoms. The summed E-state index contributed by atoms with van der Waals surface area (Å²) in [5.74, 6) is 1.09. The van der Waals surface area contributed by atoms with E-state index in [4.69, 9.17) is 4.42 Å². The molecule has 0 fully saturated rings. The molecule has 0 N–H and O–H groups in total. The number of para-hydroxylation sites is 1. The molecular weight excluding hydrogens is 291 g/mol. The van der Waals surface area contributed by atoms with E-state index >= 15 is 0 Å². The van der Waals surface area contributed by atoms with Crippen LogP contribution >= 0.6 is 0 Å². The van der Waals surface area contributed by atoms with Crippen molar-refractivity contribution in [1.82, 2.24) is 4.98 Å². The SMILES string of the molecule is C[C@@H]1Cc2ccccc2N1Cc1ncc(-c2ccc(F)cc2)o1. The number of anilines is 1. The van der Waals surface area contributed by atoms with Gasteiger partial charge in [-0.15, -0.1) is 0 Å². The third-order valence-corrected chi connectivity index (χ3v) is 4.34. The number of halogens is 1.